The maximum absolute atomic E-state index is 13.6. The molecule has 2 N–H and O–H groups in total. The second kappa shape index (κ2) is 5.50. The van der Waals surface area contributed by atoms with Crippen LogP contribution in [0.5, 0.6) is 0 Å². The van der Waals surface area contributed by atoms with E-state index in [1.165, 1.54) is 0 Å². The van der Waals surface area contributed by atoms with Crippen LogP contribution < -0.4 is 5.73 Å². The van der Waals surface area contributed by atoms with Crippen LogP contribution in [0.15, 0.2) is 47.4 Å². The fourth-order valence-corrected chi connectivity index (χ4v) is 2.24. The Morgan fingerprint density at radius 3 is 2.61 bits per heavy atom. The van der Waals surface area contributed by atoms with Gasteiger partial charge in [-0.2, -0.15) is 0 Å². The third-order valence-corrected chi connectivity index (χ3v) is 3.47. The maximum Gasteiger partial charge on any atom is 0.128 e. The lowest BCUT2D eigenvalue weighted by Gasteiger charge is -2.14. The molecule has 0 heterocycles. The zero-order valence-corrected chi connectivity index (χ0v) is 10.7. The maximum atomic E-state index is 13.6. The van der Waals surface area contributed by atoms with Gasteiger partial charge in [0.15, 0.2) is 0 Å². The summed E-state index contributed by atoms with van der Waals surface area (Å²) in [5, 5.41) is 0. The number of hydrogen-bond acceptors (Lipinski definition) is 2. The molecule has 2 aromatic rings. The SMILES string of the molecule is CSc1cccc([C@@H](N)c2cc(F)ccc2F)c1. The van der Waals surface area contributed by atoms with Crippen molar-refractivity contribution in [3.8, 4) is 0 Å². The van der Waals surface area contributed by atoms with Crippen LogP contribution in [-0.4, -0.2) is 6.26 Å². The third kappa shape index (κ3) is 2.71. The third-order valence-electron chi connectivity index (χ3n) is 2.75. The number of thioether (sulfide) groups is 1. The van der Waals surface area contributed by atoms with E-state index in [0.717, 1.165) is 28.7 Å². The minimum absolute atomic E-state index is 0.174. The predicted octanol–water partition coefficient (Wildman–Crippen LogP) is 3.73. The van der Waals surface area contributed by atoms with Gasteiger partial charge in [-0.25, -0.2) is 8.78 Å². The molecule has 0 amide bonds. The normalized spacial score (nSPS) is 12.4. The number of hydrogen-bond donors (Lipinski definition) is 1. The highest BCUT2D eigenvalue weighted by Crippen LogP contribution is 2.25. The molecule has 0 aliphatic rings. The molecule has 94 valence electrons. The first-order valence-electron chi connectivity index (χ1n) is 5.46. The van der Waals surface area contributed by atoms with Crippen molar-refractivity contribution in [3.05, 3.63) is 65.2 Å². The van der Waals surface area contributed by atoms with E-state index < -0.39 is 17.7 Å². The highest BCUT2D eigenvalue weighted by Gasteiger charge is 2.14. The smallest absolute Gasteiger partial charge is 0.128 e. The topological polar surface area (TPSA) is 26.0 Å². The van der Waals surface area contributed by atoms with Gasteiger partial charge in [0.25, 0.3) is 0 Å². The Morgan fingerprint density at radius 2 is 1.89 bits per heavy atom. The number of benzene rings is 2. The molecule has 2 rings (SSSR count). The van der Waals surface area contributed by atoms with Gasteiger partial charge in [-0.05, 0) is 42.2 Å². The lowest BCUT2D eigenvalue weighted by molar-refractivity contribution is 0.576. The molecule has 0 unspecified atom stereocenters. The Bertz CT molecular complexity index is 557. The summed E-state index contributed by atoms with van der Waals surface area (Å²) in [5.74, 6) is -0.971. The first-order valence-corrected chi connectivity index (χ1v) is 6.69. The Kier molecular flexibility index (Phi) is 3.99. The molecule has 1 atom stereocenters. The molecular weight excluding hydrogens is 252 g/mol. The molecule has 0 bridgehead atoms. The molecular formula is C14H13F2NS. The van der Waals surface area contributed by atoms with Crippen molar-refractivity contribution in [2.24, 2.45) is 5.73 Å². The highest BCUT2D eigenvalue weighted by molar-refractivity contribution is 7.98. The summed E-state index contributed by atoms with van der Waals surface area (Å²) < 4.78 is 26.8. The van der Waals surface area contributed by atoms with Gasteiger partial charge >= 0.3 is 0 Å². The average Bonchev–Trinajstić information content (AvgIpc) is 2.41. The van der Waals surface area contributed by atoms with Gasteiger partial charge in [0.05, 0.1) is 6.04 Å². The predicted molar refractivity (Wildman–Crippen MR) is 70.6 cm³/mol. The van der Waals surface area contributed by atoms with Gasteiger partial charge in [0.1, 0.15) is 11.6 Å². The van der Waals surface area contributed by atoms with Gasteiger partial charge in [0, 0.05) is 10.5 Å². The fraction of sp³-hybridized carbons (Fsp3) is 0.143. The minimum atomic E-state index is -0.659. The van der Waals surface area contributed by atoms with E-state index in [0.29, 0.717) is 0 Å². The van der Waals surface area contributed by atoms with Crippen LogP contribution in [-0.2, 0) is 0 Å². The van der Waals surface area contributed by atoms with Gasteiger partial charge in [-0.15, -0.1) is 11.8 Å². The molecule has 0 aromatic heterocycles. The Balaban J connectivity index is 2.40. The van der Waals surface area contributed by atoms with Crippen molar-refractivity contribution < 1.29 is 8.78 Å². The Hall–Kier alpha value is -1.39. The molecule has 18 heavy (non-hydrogen) atoms. The van der Waals surface area contributed by atoms with Gasteiger partial charge < -0.3 is 5.73 Å². The molecule has 0 aliphatic heterocycles. The van der Waals surface area contributed by atoms with Crippen LogP contribution in [0.25, 0.3) is 0 Å². The van der Waals surface area contributed by atoms with E-state index >= 15 is 0 Å². The van der Waals surface area contributed by atoms with Crippen molar-refractivity contribution in [3.63, 3.8) is 0 Å². The van der Waals surface area contributed by atoms with Crippen LogP contribution in [0.3, 0.4) is 0 Å². The summed E-state index contributed by atoms with van der Waals surface area (Å²) >= 11 is 1.58. The molecule has 0 fully saturated rings. The Labute approximate surface area is 109 Å². The standard InChI is InChI=1S/C14H13F2NS/c1-18-11-4-2-3-9(7-11)14(17)12-8-10(15)5-6-13(12)16/h2-8,14H,17H2,1H3/t14-/m1/s1. The van der Waals surface area contributed by atoms with E-state index in [4.69, 9.17) is 5.73 Å². The minimum Gasteiger partial charge on any atom is -0.320 e. The molecule has 2 aromatic carbocycles. The largest absolute Gasteiger partial charge is 0.320 e. The monoisotopic (exact) mass is 265 g/mol. The number of rotatable bonds is 3. The molecule has 4 heteroatoms. The summed E-state index contributed by atoms with van der Waals surface area (Å²) in [7, 11) is 0. The van der Waals surface area contributed by atoms with E-state index in [1.807, 2.05) is 30.5 Å². The zero-order chi connectivity index (χ0) is 13.1. The average molecular weight is 265 g/mol. The first-order chi connectivity index (χ1) is 8.61. The van der Waals surface area contributed by atoms with Crippen LogP contribution in [0.1, 0.15) is 17.2 Å². The second-order valence-corrected chi connectivity index (χ2v) is 4.80. The van der Waals surface area contributed by atoms with Crippen molar-refractivity contribution in [2.45, 2.75) is 10.9 Å². The lowest BCUT2D eigenvalue weighted by atomic mass is 9.99. The van der Waals surface area contributed by atoms with Crippen LogP contribution >= 0.6 is 11.8 Å². The van der Waals surface area contributed by atoms with Gasteiger partial charge in [-0.3, -0.25) is 0 Å². The quantitative estimate of drug-likeness (QED) is 0.856. The number of nitrogens with two attached hydrogens (primary N) is 1. The summed E-state index contributed by atoms with van der Waals surface area (Å²) in [6.07, 6.45) is 1.95. The number of halogens is 2. The van der Waals surface area contributed by atoms with Crippen molar-refractivity contribution >= 4 is 11.8 Å². The first kappa shape index (κ1) is 13.1. The molecule has 1 nitrogen and oxygen atoms in total. The van der Waals surface area contributed by atoms with E-state index in [-0.39, 0.29) is 5.56 Å². The van der Waals surface area contributed by atoms with E-state index in [9.17, 15) is 8.78 Å². The highest BCUT2D eigenvalue weighted by atomic mass is 32.2. The van der Waals surface area contributed by atoms with Gasteiger partial charge in [-0.1, -0.05) is 12.1 Å². The summed E-state index contributed by atoms with van der Waals surface area (Å²) in [6, 6.07) is 10.2. The lowest BCUT2D eigenvalue weighted by Crippen LogP contribution is -2.14. The van der Waals surface area contributed by atoms with E-state index in [1.54, 1.807) is 11.8 Å². The van der Waals surface area contributed by atoms with E-state index in [2.05, 4.69) is 0 Å². The van der Waals surface area contributed by atoms with Crippen molar-refractivity contribution in [1.82, 2.24) is 0 Å². The zero-order valence-electron chi connectivity index (χ0n) is 9.86. The second-order valence-electron chi connectivity index (χ2n) is 3.92. The van der Waals surface area contributed by atoms with Crippen LogP contribution in [0, 0.1) is 11.6 Å². The van der Waals surface area contributed by atoms with Crippen molar-refractivity contribution in [2.75, 3.05) is 6.26 Å². The van der Waals surface area contributed by atoms with Gasteiger partial charge in [0.2, 0.25) is 0 Å². The van der Waals surface area contributed by atoms with Crippen LogP contribution in [0.2, 0.25) is 0 Å². The fourth-order valence-electron chi connectivity index (χ4n) is 1.77. The van der Waals surface area contributed by atoms with Crippen LogP contribution in [0.4, 0.5) is 8.78 Å². The molecule has 0 spiro atoms. The Morgan fingerprint density at radius 1 is 1.11 bits per heavy atom. The van der Waals surface area contributed by atoms with Crippen molar-refractivity contribution in [1.29, 1.82) is 0 Å². The molecule has 0 radical (unpaired) electrons. The molecule has 0 saturated carbocycles. The summed E-state index contributed by atoms with van der Waals surface area (Å²) in [4.78, 5) is 1.04. The summed E-state index contributed by atoms with van der Waals surface area (Å²) in [5.41, 5.74) is 6.94. The molecule has 0 saturated heterocycles. The summed E-state index contributed by atoms with van der Waals surface area (Å²) in [6.45, 7) is 0. The molecule has 0 aliphatic carbocycles.